The second-order valence-electron chi connectivity index (χ2n) is 2.72. The van der Waals surface area contributed by atoms with Crippen molar-refractivity contribution in [1.82, 2.24) is 4.98 Å². The molecule has 0 radical (unpaired) electrons. The van der Waals surface area contributed by atoms with Crippen molar-refractivity contribution in [2.24, 2.45) is 5.73 Å². The van der Waals surface area contributed by atoms with Crippen molar-refractivity contribution in [3.8, 4) is 0 Å². The smallest absolute Gasteiger partial charge is 0.182 e. The lowest BCUT2D eigenvalue weighted by Gasteiger charge is -2.04. The van der Waals surface area contributed by atoms with Gasteiger partial charge in [-0.1, -0.05) is 11.6 Å². The van der Waals surface area contributed by atoms with Gasteiger partial charge in [-0.05, 0) is 18.6 Å². The van der Waals surface area contributed by atoms with E-state index in [2.05, 4.69) is 4.98 Å². The highest BCUT2D eigenvalue weighted by Crippen LogP contribution is 2.17. The molecule has 0 aliphatic carbocycles. The second-order valence-corrected chi connectivity index (χ2v) is 4.55. The fourth-order valence-electron chi connectivity index (χ4n) is 0.900. The van der Waals surface area contributed by atoms with Gasteiger partial charge in [0, 0.05) is 11.2 Å². The summed E-state index contributed by atoms with van der Waals surface area (Å²) in [6.07, 6.45) is 1.54. The lowest BCUT2D eigenvalue weighted by atomic mass is 10.2. The van der Waals surface area contributed by atoms with Crippen LogP contribution in [0.1, 0.15) is 11.3 Å². The van der Waals surface area contributed by atoms with E-state index in [1.165, 1.54) is 0 Å². The predicted molar refractivity (Wildman–Crippen MR) is 57.7 cm³/mol. The monoisotopic (exact) mass is 231 g/mol. The van der Waals surface area contributed by atoms with Gasteiger partial charge in [-0.15, -0.1) is 0 Å². The fourth-order valence-corrected chi connectivity index (χ4v) is 1.76. The van der Waals surface area contributed by atoms with Gasteiger partial charge in [0.15, 0.2) is 5.17 Å². The summed E-state index contributed by atoms with van der Waals surface area (Å²) >= 11 is 5.85. The number of hydrogen-bond acceptors (Lipinski definition) is 3. The molecule has 4 nitrogen and oxygen atoms in total. The van der Waals surface area contributed by atoms with Crippen molar-refractivity contribution >= 4 is 27.6 Å². The minimum absolute atomic E-state index is 0.141. The number of nitrogens with one attached hydrogen (secondary N) is 1. The lowest BCUT2D eigenvalue weighted by molar-refractivity contribution is 0.688. The van der Waals surface area contributed by atoms with Crippen molar-refractivity contribution in [1.29, 1.82) is 5.41 Å². The van der Waals surface area contributed by atoms with Gasteiger partial charge in [-0.2, -0.15) is 0 Å². The number of amidine groups is 1. The van der Waals surface area contributed by atoms with Crippen molar-refractivity contribution in [2.75, 3.05) is 0 Å². The van der Waals surface area contributed by atoms with Gasteiger partial charge in [0.05, 0.1) is 22.2 Å². The molecule has 6 heteroatoms. The first-order chi connectivity index (χ1) is 6.52. The number of aromatic nitrogens is 1. The van der Waals surface area contributed by atoms with Crippen LogP contribution < -0.4 is 5.73 Å². The average molecular weight is 232 g/mol. The fraction of sp³-hybridized carbons (Fsp3) is 0.250. The third kappa shape index (κ3) is 2.52. The minimum atomic E-state index is -1.50. The van der Waals surface area contributed by atoms with Gasteiger partial charge in [0.2, 0.25) is 0 Å². The summed E-state index contributed by atoms with van der Waals surface area (Å²) in [5.41, 5.74) is 6.49. The van der Waals surface area contributed by atoms with Gasteiger partial charge in [0.25, 0.3) is 0 Å². The highest BCUT2D eigenvalue weighted by molar-refractivity contribution is 7.99. The first-order valence-electron chi connectivity index (χ1n) is 3.84. The Labute approximate surface area is 89.4 Å². The van der Waals surface area contributed by atoms with Gasteiger partial charge in [-0.3, -0.25) is 14.6 Å². The molecule has 3 N–H and O–H groups in total. The molecule has 1 rings (SSSR count). The van der Waals surface area contributed by atoms with Crippen molar-refractivity contribution in [3.05, 3.63) is 28.5 Å². The van der Waals surface area contributed by atoms with E-state index in [1.807, 2.05) is 0 Å². The molecule has 0 amide bonds. The molecule has 76 valence electrons. The second kappa shape index (κ2) is 4.52. The highest BCUT2D eigenvalue weighted by atomic mass is 35.5. The number of nitrogens with two attached hydrogens (primary N) is 1. The van der Waals surface area contributed by atoms with Crippen LogP contribution in [0.25, 0.3) is 0 Å². The van der Waals surface area contributed by atoms with Crippen LogP contribution >= 0.6 is 11.6 Å². The molecule has 0 aromatic carbocycles. The zero-order valence-electron chi connectivity index (χ0n) is 7.58. The van der Waals surface area contributed by atoms with Crippen molar-refractivity contribution in [3.63, 3.8) is 0 Å². The van der Waals surface area contributed by atoms with Gasteiger partial charge in [0.1, 0.15) is 0 Å². The topological polar surface area (TPSA) is 79.8 Å². The highest BCUT2D eigenvalue weighted by Gasteiger charge is 2.09. The number of nitrogens with zero attached hydrogens (tertiary/aromatic N) is 1. The molecule has 0 aliphatic heterocycles. The summed E-state index contributed by atoms with van der Waals surface area (Å²) in [5, 5.41) is 7.23. The molecule has 1 heterocycles. The largest absolute Gasteiger partial charge is 0.377 e. The average Bonchev–Trinajstić information content (AvgIpc) is 2.12. The van der Waals surface area contributed by atoms with Gasteiger partial charge >= 0.3 is 0 Å². The van der Waals surface area contributed by atoms with Crippen LogP contribution in [0.4, 0.5) is 0 Å². The quantitative estimate of drug-likeness (QED) is 0.593. The molecule has 0 fully saturated rings. The van der Waals surface area contributed by atoms with Crippen LogP contribution in [0.5, 0.6) is 0 Å². The molecular weight excluding hydrogens is 222 g/mol. The van der Waals surface area contributed by atoms with E-state index in [4.69, 9.17) is 22.7 Å². The van der Waals surface area contributed by atoms with E-state index in [-0.39, 0.29) is 10.9 Å². The maximum atomic E-state index is 11.3. The Kier molecular flexibility index (Phi) is 3.60. The molecule has 0 saturated carbocycles. The van der Waals surface area contributed by atoms with E-state index in [0.29, 0.717) is 10.7 Å². The van der Waals surface area contributed by atoms with Crippen LogP contribution in [0.2, 0.25) is 5.02 Å². The first-order valence-corrected chi connectivity index (χ1v) is 5.54. The number of pyridine rings is 1. The number of rotatable bonds is 2. The summed E-state index contributed by atoms with van der Waals surface area (Å²) in [6.45, 7) is 1.79. The molecule has 0 saturated heterocycles. The maximum Gasteiger partial charge on any atom is 0.182 e. The SMILES string of the molecule is Cc1c(Cl)ccnc1CS(=O)C(=N)N. The lowest BCUT2D eigenvalue weighted by Crippen LogP contribution is -2.18. The summed E-state index contributed by atoms with van der Waals surface area (Å²) in [4.78, 5) is 4.03. The zero-order valence-corrected chi connectivity index (χ0v) is 9.15. The van der Waals surface area contributed by atoms with Gasteiger partial charge in [-0.25, -0.2) is 0 Å². The Morgan fingerprint density at radius 3 is 3.00 bits per heavy atom. The Balaban J connectivity index is 2.93. The number of hydrogen-bond donors (Lipinski definition) is 2. The number of halogens is 1. The van der Waals surface area contributed by atoms with Gasteiger partial charge < -0.3 is 5.73 Å². The van der Waals surface area contributed by atoms with E-state index < -0.39 is 10.8 Å². The molecular formula is C8H10ClN3OS. The Morgan fingerprint density at radius 2 is 2.43 bits per heavy atom. The molecule has 0 aliphatic rings. The van der Waals surface area contributed by atoms with Crippen LogP contribution in [0.3, 0.4) is 0 Å². The molecule has 1 unspecified atom stereocenters. The van der Waals surface area contributed by atoms with E-state index in [0.717, 1.165) is 5.56 Å². The minimum Gasteiger partial charge on any atom is -0.377 e. The van der Waals surface area contributed by atoms with E-state index in [1.54, 1.807) is 19.2 Å². The predicted octanol–water partition coefficient (Wildman–Crippen LogP) is 1.19. The summed E-state index contributed by atoms with van der Waals surface area (Å²) < 4.78 is 11.3. The van der Waals surface area contributed by atoms with E-state index in [9.17, 15) is 4.21 Å². The summed E-state index contributed by atoms with van der Waals surface area (Å²) in [5.74, 6) is 0.141. The first kappa shape index (κ1) is 11.1. The summed E-state index contributed by atoms with van der Waals surface area (Å²) in [7, 11) is -1.50. The molecule has 1 atom stereocenters. The Hall–Kier alpha value is -0.940. The zero-order chi connectivity index (χ0) is 10.7. The van der Waals surface area contributed by atoms with Crippen LogP contribution in [-0.2, 0) is 16.6 Å². The molecule has 1 aromatic rings. The van der Waals surface area contributed by atoms with Crippen LogP contribution in [-0.4, -0.2) is 14.4 Å². The molecule has 0 bridgehead atoms. The third-order valence-electron chi connectivity index (χ3n) is 1.76. The molecule has 0 spiro atoms. The van der Waals surface area contributed by atoms with Crippen LogP contribution in [0.15, 0.2) is 12.3 Å². The van der Waals surface area contributed by atoms with Crippen molar-refractivity contribution < 1.29 is 4.21 Å². The Morgan fingerprint density at radius 1 is 1.79 bits per heavy atom. The maximum absolute atomic E-state index is 11.3. The van der Waals surface area contributed by atoms with Crippen molar-refractivity contribution in [2.45, 2.75) is 12.7 Å². The summed E-state index contributed by atoms with van der Waals surface area (Å²) in [6, 6.07) is 1.66. The van der Waals surface area contributed by atoms with E-state index >= 15 is 0 Å². The van der Waals surface area contributed by atoms with Crippen LogP contribution in [0, 0.1) is 12.3 Å². The third-order valence-corrected chi connectivity index (χ3v) is 3.19. The molecule has 14 heavy (non-hydrogen) atoms. The Bertz CT molecular complexity index is 394. The normalized spacial score (nSPS) is 12.4. The molecule has 1 aromatic heterocycles. The standard InChI is InChI=1S/C8H10ClN3OS/c1-5-6(9)2-3-12-7(5)4-14(13)8(10)11/h2-3H,4H2,1H3,(H3,10,11).